The molecule has 0 aliphatic heterocycles. The first-order valence-electron chi connectivity index (χ1n) is 5.02. The molecule has 1 aliphatic rings. The van der Waals surface area contributed by atoms with E-state index in [1.54, 1.807) is 0 Å². The largest absolute Gasteiger partial charge is 0.462 e. The maximum atomic E-state index is 10.8. The molecule has 0 saturated heterocycles. The summed E-state index contributed by atoms with van der Waals surface area (Å²) in [5.41, 5.74) is 5.65. The normalized spacial score (nSPS) is 34.2. The standard InChI is InChI=1S/C10H19NO2/c1-7-9(6-11)4-3-5-10(7)13-8(2)12/h7,9-10H,3-6,11H2,1-2H3/t7-,9+,10+/m1/s1. The summed E-state index contributed by atoms with van der Waals surface area (Å²) in [5.74, 6) is 0.773. The van der Waals surface area contributed by atoms with Crippen LogP contribution in [0.3, 0.4) is 0 Å². The fourth-order valence-electron chi connectivity index (χ4n) is 2.12. The highest BCUT2D eigenvalue weighted by Crippen LogP contribution is 2.31. The van der Waals surface area contributed by atoms with Gasteiger partial charge in [0.15, 0.2) is 0 Å². The average Bonchev–Trinajstić information content (AvgIpc) is 2.08. The molecule has 1 fully saturated rings. The summed E-state index contributed by atoms with van der Waals surface area (Å²) in [7, 11) is 0. The van der Waals surface area contributed by atoms with Crippen LogP contribution in [-0.2, 0) is 9.53 Å². The van der Waals surface area contributed by atoms with Crippen molar-refractivity contribution in [3.05, 3.63) is 0 Å². The van der Waals surface area contributed by atoms with Crippen molar-refractivity contribution in [2.24, 2.45) is 17.6 Å². The molecular formula is C10H19NO2. The summed E-state index contributed by atoms with van der Waals surface area (Å²) in [6.07, 6.45) is 3.40. The monoisotopic (exact) mass is 185 g/mol. The molecule has 1 aliphatic carbocycles. The number of hydrogen-bond donors (Lipinski definition) is 1. The zero-order valence-electron chi connectivity index (χ0n) is 8.45. The lowest BCUT2D eigenvalue weighted by Crippen LogP contribution is -2.37. The average molecular weight is 185 g/mol. The molecule has 0 amide bonds. The lowest BCUT2D eigenvalue weighted by Gasteiger charge is -2.34. The van der Waals surface area contributed by atoms with Gasteiger partial charge in [-0.1, -0.05) is 6.92 Å². The third kappa shape index (κ3) is 2.69. The first kappa shape index (κ1) is 10.5. The molecule has 2 N–H and O–H groups in total. The van der Waals surface area contributed by atoms with Gasteiger partial charge in [-0.25, -0.2) is 0 Å². The summed E-state index contributed by atoms with van der Waals surface area (Å²) in [6, 6.07) is 0. The van der Waals surface area contributed by atoms with Crippen molar-refractivity contribution in [1.29, 1.82) is 0 Å². The number of carbonyl (C=O) groups is 1. The maximum Gasteiger partial charge on any atom is 0.302 e. The van der Waals surface area contributed by atoms with Gasteiger partial charge in [-0.05, 0) is 37.6 Å². The Labute approximate surface area is 79.6 Å². The highest BCUT2D eigenvalue weighted by atomic mass is 16.5. The molecule has 13 heavy (non-hydrogen) atoms. The molecule has 0 bridgehead atoms. The number of hydrogen-bond acceptors (Lipinski definition) is 3. The molecule has 0 heterocycles. The van der Waals surface area contributed by atoms with Gasteiger partial charge in [-0.3, -0.25) is 4.79 Å². The van der Waals surface area contributed by atoms with Crippen LogP contribution in [0.4, 0.5) is 0 Å². The molecule has 3 heteroatoms. The highest BCUT2D eigenvalue weighted by molar-refractivity contribution is 5.66. The number of carbonyl (C=O) groups excluding carboxylic acids is 1. The van der Waals surface area contributed by atoms with E-state index >= 15 is 0 Å². The second-order valence-electron chi connectivity index (χ2n) is 3.93. The van der Waals surface area contributed by atoms with Gasteiger partial charge in [0.25, 0.3) is 0 Å². The second-order valence-corrected chi connectivity index (χ2v) is 3.93. The Kier molecular flexibility index (Phi) is 3.72. The predicted octanol–water partition coefficient (Wildman–Crippen LogP) is 1.31. The first-order valence-corrected chi connectivity index (χ1v) is 5.02. The van der Waals surface area contributed by atoms with E-state index < -0.39 is 0 Å². The Balaban J connectivity index is 2.49. The van der Waals surface area contributed by atoms with E-state index in [0.29, 0.717) is 18.4 Å². The molecule has 0 aromatic rings. The lowest BCUT2D eigenvalue weighted by molar-refractivity contribution is -0.151. The van der Waals surface area contributed by atoms with E-state index in [0.717, 1.165) is 12.8 Å². The van der Waals surface area contributed by atoms with Gasteiger partial charge in [0.2, 0.25) is 0 Å². The van der Waals surface area contributed by atoms with Crippen LogP contribution in [0.1, 0.15) is 33.1 Å². The molecular weight excluding hydrogens is 166 g/mol. The topological polar surface area (TPSA) is 52.3 Å². The quantitative estimate of drug-likeness (QED) is 0.660. The van der Waals surface area contributed by atoms with Crippen LogP contribution >= 0.6 is 0 Å². The van der Waals surface area contributed by atoms with Gasteiger partial charge in [-0.15, -0.1) is 0 Å². The summed E-state index contributed by atoms with van der Waals surface area (Å²) in [5, 5.41) is 0. The maximum absolute atomic E-state index is 10.8. The van der Waals surface area contributed by atoms with Crippen LogP contribution in [-0.4, -0.2) is 18.6 Å². The molecule has 1 rings (SSSR count). The van der Waals surface area contributed by atoms with E-state index in [1.807, 2.05) is 0 Å². The Hall–Kier alpha value is -0.570. The molecule has 0 aromatic carbocycles. The number of ether oxygens (including phenoxy) is 1. The van der Waals surface area contributed by atoms with Crippen molar-refractivity contribution in [3.63, 3.8) is 0 Å². The summed E-state index contributed by atoms with van der Waals surface area (Å²) >= 11 is 0. The molecule has 0 unspecified atom stereocenters. The Morgan fingerprint density at radius 1 is 1.54 bits per heavy atom. The van der Waals surface area contributed by atoms with Crippen molar-refractivity contribution < 1.29 is 9.53 Å². The van der Waals surface area contributed by atoms with Crippen LogP contribution in [0.5, 0.6) is 0 Å². The Bertz CT molecular complexity index is 182. The Morgan fingerprint density at radius 3 is 2.77 bits per heavy atom. The van der Waals surface area contributed by atoms with Gasteiger partial charge in [0, 0.05) is 6.92 Å². The van der Waals surface area contributed by atoms with E-state index in [1.165, 1.54) is 13.3 Å². The van der Waals surface area contributed by atoms with Crippen molar-refractivity contribution in [2.45, 2.75) is 39.2 Å². The summed E-state index contributed by atoms with van der Waals surface area (Å²) in [6.45, 7) is 4.31. The minimum atomic E-state index is -0.172. The van der Waals surface area contributed by atoms with Crippen LogP contribution in [0.2, 0.25) is 0 Å². The number of rotatable bonds is 2. The van der Waals surface area contributed by atoms with Gasteiger partial charge >= 0.3 is 5.97 Å². The van der Waals surface area contributed by atoms with Crippen LogP contribution in [0.25, 0.3) is 0 Å². The summed E-state index contributed by atoms with van der Waals surface area (Å²) < 4.78 is 5.24. The molecule has 0 spiro atoms. The second kappa shape index (κ2) is 4.61. The fourth-order valence-corrected chi connectivity index (χ4v) is 2.12. The van der Waals surface area contributed by atoms with Crippen molar-refractivity contribution >= 4 is 5.97 Å². The van der Waals surface area contributed by atoms with Crippen molar-refractivity contribution in [3.8, 4) is 0 Å². The van der Waals surface area contributed by atoms with Gasteiger partial charge in [0.1, 0.15) is 6.10 Å². The minimum absolute atomic E-state index is 0.0970. The molecule has 76 valence electrons. The van der Waals surface area contributed by atoms with Crippen LogP contribution in [0, 0.1) is 11.8 Å². The molecule has 3 atom stereocenters. The lowest BCUT2D eigenvalue weighted by atomic mass is 9.78. The van der Waals surface area contributed by atoms with Gasteiger partial charge in [-0.2, -0.15) is 0 Å². The third-order valence-corrected chi connectivity index (χ3v) is 3.01. The zero-order chi connectivity index (χ0) is 9.84. The molecule has 1 saturated carbocycles. The highest BCUT2D eigenvalue weighted by Gasteiger charge is 2.30. The minimum Gasteiger partial charge on any atom is -0.462 e. The smallest absolute Gasteiger partial charge is 0.302 e. The first-order chi connectivity index (χ1) is 6.15. The predicted molar refractivity (Wildman–Crippen MR) is 51.1 cm³/mol. The van der Waals surface area contributed by atoms with E-state index in [9.17, 15) is 4.79 Å². The van der Waals surface area contributed by atoms with Crippen LogP contribution < -0.4 is 5.73 Å². The van der Waals surface area contributed by atoms with Gasteiger partial charge < -0.3 is 10.5 Å². The number of esters is 1. The molecule has 0 aromatic heterocycles. The Morgan fingerprint density at radius 2 is 2.23 bits per heavy atom. The SMILES string of the molecule is CC(=O)O[C@H]1CCC[C@@H](CN)[C@H]1C. The summed E-state index contributed by atoms with van der Waals surface area (Å²) in [4.78, 5) is 10.8. The molecule has 0 radical (unpaired) electrons. The van der Waals surface area contributed by atoms with E-state index in [2.05, 4.69) is 6.92 Å². The fraction of sp³-hybridized carbons (Fsp3) is 0.900. The van der Waals surface area contributed by atoms with Crippen LogP contribution in [0.15, 0.2) is 0 Å². The van der Waals surface area contributed by atoms with Crippen molar-refractivity contribution in [1.82, 2.24) is 0 Å². The van der Waals surface area contributed by atoms with Crippen molar-refractivity contribution in [2.75, 3.05) is 6.54 Å². The number of nitrogens with two attached hydrogens (primary N) is 1. The van der Waals surface area contributed by atoms with Gasteiger partial charge in [0.05, 0.1) is 0 Å². The zero-order valence-corrected chi connectivity index (χ0v) is 8.45. The third-order valence-electron chi connectivity index (χ3n) is 3.01. The van der Waals surface area contributed by atoms with E-state index in [4.69, 9.17) is 10.5 Å². The van der Waals surface area contributed by atoms with E-state index in [-0.39, 0.29) is 12.1 Å². The molecule has 3 nitrogen and oxygen atoms in total.